The zero-order valence-corrected chi connectivity index (χ0v) is 68.4. The van der Waals surface area contributed by atoms with Gasteiger partial charge in [0.25, 0.3) is 0 Å². The van der Waals surface area contributed by atoms with Crippen LogP contribution in [0.4, 0.5) is 0 Å². The Morgan fingerprint density at radius 3 is 1.28 bits per heavy atom. The summed E-state index contributed by atoms with van der Waals surface area (Å²) in [7, 11) is -12.5. The Balaban J connectivity index is 0.00000129. The lowest BCUT2D eigenvalue weighted by atomic mass is 10.0. The first-order chi connectivity index (χ1) is 53.0. The Bertz CT molecular complexity index is 4170. The van der Waals surface area contributed by atoms with Crippen molar-refractivity contribution in [2.24, 2.45) is 60.4 Å². The molecule has 0 bridgehead atoms. The van der Waals surface area contributed by atoms with Gasteiger partial charge in [-0.15, -0.1) is 0 Å². The van der Waals surface area contributed by atoms with Gasteiger partial charge >= 0.3 is 30.4 Å². The number of nitrogens with one attached hydrogen (secondary N) is 5. The number of carbonyl (C=O) groups is 2. The molecule has 2 heterocycles. The molecule has 0 saturated carbocycles. The summed E-state index contributed by atoms with van der Waals surface area (Å²) >= 11 is 3.23. The first kappa shape index (κ1) is 104. The summed E-state index contributed by atoms with van der Waals surface area (Å²) < 4.78 is 85.7. The average molecular weight is 1710 g/mol. The largest absolute Gasteiger partial charge is 0.384 e. The second-order valence-electron chi connectivity index (χ2n) is 22.2. The second-order valence-corrected chi connectivity index (χ2v) is 31.6. The van der Waals surface area contributed by atoms with E-state index in [0.717, 1.165) is 68.4 Å². The number of amidine groups is 1. The number of ketones is 2. The molecule has 620 valence electrons. The van der Waals surface area contributed by atoms with Crippen molar-refractivity contribution in [2.75, 3.05) is 97.1 Å². The molecule has 37 nitrogen and oxygen atoms in total. The van der Waals surface area contributed by atoms with E-state index >= 15 is 0 Å². The van der Waals surface area contributed by atoms with Crippen molar-refractivity contribution in [1.82, 2.24) is 35.4 Å². The lowest BCUT2D eigenvalue weighted by Crippen LogP contribution is -2.37. The number of nitrogens with zero attached hydrogens (tertiary/aromatic N) is 11. The van der Waals surface area contributed by atoms with Crippen LogP contribution in [-0.2, 0) is 69.2 Å². The molecule has 0 fully saturated rings. The quantitative estimate of drug-likeness (QED) is 0.00750. The normalized spacial score (nSPS) is 13.3. The monoisotopic (exact) mass is 1710 g/mol. The van der Waals surface area contributed by atoms with E-state index in [9.17, 15) is 32.7 Å². The third-order valence-electron chi connectivity index (χ3n) is 14.5. The molecule has 6 aromatic rings. The van der Waals surface area contributed by atoms with E-state index in [1.807, 2.05) is 42.5 Å². The van der Waals surface area contributed by atoms with Gasteiger partial charge in [0.2, 0.25) is 23.8 Å². The Morgan fingerprint density at radius 2 is 0.912 bits per heavy atom. The van der Waals surface area contributed by atoms with Gasteiger partial charge < -0.3 is 65.2 Å². The molecule has 2 aromatic heterocycles. The molecule has 42 heteroatoms. The van der Waals surface area contributed by atoms with Crippen LogP contribution < -0.4 is 56.6 Å². The van der Waals surface area contributed by atoms with Gasteiger partial charge in [-0.2, -0.15) is 20.9 Å². The van der Waals surface area contributed by atoms with Crippen molar-refractivity contribution in [3.63, 3.8) is 0 Å². The maximum Gasteiger partial charge on any atom is 0.332 e. The van der Waals surface area contributed by atoms with E-state index in [1.165, 1.54) is 0 Å². The van der Waals surface area contributed by atoms with Crippen molar-refractivity contribution in [3.8, 4) is 18.2 Å². The number of nitrogen functional groups attached to an aromatic ring is 1. The Morgan fingerprint density at radius 1 is 0.531 bits per heavy atom. The van der Waals surface area contributed by atoms with Gasteiger partial charge in [0.1, 0.15) is 24.6 Å². The SMILES string of the molecule is C.C.CCOP(=O)(CCN)OCC.CCOP(=O)(CCN=C(N)NN)OCC.CCOP(=O)(CCN=C(N)NN)OCC.CCOP(=O)(O)CCN=C(N)N/N=C1\CCc2c(C(=N)N)cccc21.N#Cc1cccc2c1CCC2=O.N#Cc1cccc2c1CCC2=O.N#Cc1ccccc1Br.N=C(n1ccnc1)n1ccnc1. The number of guanidine groups is 3. The summed E-state index contributed by atoms with van der Waals surface area (Å²) in [6.07, 6.45) is 14.5. The van der Waals surface area contributed by atoms with E-state index in [-0.39, 0.29) is 94.9 Å². The van der Waals surface area contributed by atoms with E-state index in [0.29, 0.717) is 94.3 Å². The fourth-order valence-electron chi connectivity index (χ4n) is 9.76. The van der Waals surface area contributed by atoms with Gasteiger partial charge in [-0.3, -0.25) is 73.6 Å². The number of fused-ring (bicyclic) bond motifs is 3. The maximum atomic E-state index is 11.9. The zero-order chi connectivity index (χ0) is 82.8. The van der Waals surface area contributed by atoms with Crippen LogP contribution in [0.1, 0.15) is 148 Å². The van der Waals surface area contributed by atoms with Gasteiger partial charge in [-0.25, -0.2) is 27.1 Å². The highest BCUT2D eigenvalue weighted by Gasteiger charge is 2.27. The third-order valence-corrected chi connectivity index (χ3v) is 22.9. The number of Topliss-reactive ketones (excluding diaryl/α,β-unsaturated/α-hetero) is 2. The van der Waals surface area contributed by atoms with Crippen LogP contribution in [0.15, 0.2) is 141 Å². The number of hydrazine groups is 2. The first-order valence-corrected chi connectivity index (χ1v) is 42.5. The van der Waals surface area contributed by atoms with Crippen molar-refractivity contribution < 1.29 is 64.4 Å². The lowest BCUT2D eigenvalue weighted by molar-refractivity contribution is 0.0986. The van der Waals surface area contributed by atoms with Crippen LogP contribution in [-0.4, -0.2) is 168 Å². The number of aliphatic imine (C=N–C) groups is 3. The summed E-state index contributed by atoms with van der Waals surface area (Å²) in [5.74, 6) is 10.9. The highest BCUT2D eigenvalue weighted by Crippen LogP contribution is 2.49. The van der Waals surface area contributed by atoms with Crippen LogP contribution in [0.25, 0.3) is 0 Å². The van der Waals surface area contributed by atoms with Crippen LogP contribution in [0.3, 0.4) is 0 Å². The topological polar surface area (TPSA) is 610 Å². The van der Waals surface area contributed by atoms with E-state index < -0.39 is 30.4 Å². The molecule has 9 rings (SSSR count). The molecule has 3 aliphatic carbocycles. The van der Waals surface area contributed by atoms with Gasteiger partial charge in [-0.05, 0) is 131 Å². The lowest BCUT2D eigenvalue weighted by Gasteiger charge is -2.15. The number of nitriles is 3. The van der Waals surface area contributed by atoms with Crippen molar-refractivity contribution in [3.05, 3.63) is 176 Å². The first-order valence-electron chi connectivity index (χ1n) is 34.8. The van der Waals surface area contributed by atoms with Gasteiger partial charge in [-0.1, -0.05) is 69.5 Å². The minimum absolute atomic E-state index is 0. The van der Waals surface area contributed by atoms with Crippen molar-refractivity contribution in [1.29, 1.82) is 26.6 Å². The number of nitrogens with two attached hydrogens (primary N) is 7. The van der Waals surface area contributed by atoms with E-state index in [1.54, 1.807) is 138 Å². The molecule has 1 atom stereocenters. The van der Waals surface area contributed by atoms with Gasteiger partial charge in [0.05, 0.1) is 125 Å². The predicted molar refractivity (Wildman–Crippen MR) is 445 cm³/mol. The number of carbonyl (C=O) groups excluding carboxylic acids is 2. The van der Waals surface area contributed by atoms with Crippen LogP contribution in [0.2, 0.25) is 0 Å². The minimum atomic E-state index is -3.61. The number of aromatic nitrogens is 4. The molecule has 4 aromatic carbocycles. The molecule has 0 amide bonds. The van der Waals surface area contributed by atoms with Crippen molar-refractivity contribution >= 4 is 93.3 Å². The highest BCUT2D eigenvalue weighted by atomic mass is 79.9. The van der Waals surface area contributed by atoms with E-state index in [4.69, 9.17) is 98.6 Å². The number of hydrazone groups is 1. The Kier molecular flexibility index (Phi) is 52.2. The molecule has 1 unspecified atom stereocenters. The fraction of sp³-hybridized carbons (Fsp3) is 0.423. The Labute approximate surface area is 670 Å². The summed E-state index contributed by atoms with van der Waals surface area (Å²) in [6, 6.07) is 29.8. The van der Waals surface area contributed by atoms with Gasteiger partial charge in [0.15, 0.2) is 11.6 Å². The molecular weight excluding hydrogens is 1600 g/mol. The summed E-state index contributed by atoms with van der Waals surface area (Å²) in [5.41, 5.74) is 42.9. The van der Waals surface area contributed by atoms with E-state index in [2.05, 4.69) is 74.4 Å². The van der Waals surface area contributed by atoms with Crippen LogP contribution in [0, 0.1) is 44.8 Å². The fourth-order valence-corrected chi connectivity index (χ4v) is 15.4. The second kappa shape index (κ2) is 56.8. The zero-order valence-electron chi connectivity index (χ0n) is 63.2. The number of halogens is 1. The molecule has 0 saturated heterocycles. The molecule has 0 radical (unpaired) electrons. The number of hydrogen-bond donors (Lipinski definition) is 13. The summed E-state index contributed by atoms with van der Waals surface area (Å²) in [4.78, 5) is 51.2. The Hall–Kier alpha value is -9.31. The summed E-state index contributed by atoms with van der Waals surface area (Å²) in [5, 5.41) is 45.4. The van der Waals surface area contributed by atoms with Crippen LogP contribution in [0.5, 0.6) is 0 Å². The van der Waals surface area contributed by atoms with Crippen LogP contribution >= 0.6 is 46.3 Å². The number of rotatable bonds is 27. The standard InChI is InChI=1S/C15H23N6O3P.2C10H7NO.C7H4BrN.C7H7N5.2C7H19N4O3P.C6H16NO3P.2CH4/c1-2-24-25(22,23)9-8-19-15(18)21-20-13-7-6-10-11(13)4-3-5-12(10)14(16)17;2*11-6-7-2-1-3-9-8(7)4-5-10(9)12;8-7-4-2-1-3-6(7)5-9;8-7(11-3-1-9-5-11)12-4-2-10-6-12;2*1-3-13-15(12,14-4-2)6-5-10-7(8)11-9;1-3-9-11(8,6-5-7)10-4-2;;/h3-5H,2,6-9H2,1H3,(H3,16,17)(H,22,23)(H3,18,19,21);2*1-3H,4-5H2;1-4H;1-6,8H;2*3-6,9H2,1-2H3,(H3,8,10,11);3-7H2,1-2H3;2*1H4/b20-13+;;;;;;;;;. The number of benzene rings is 4. The number of hydrogen-bond acceptors (Lipinski definition) is 27. The molecule has 113 heavy (non-hydrogen) atoms. The van der Waals surface area contributed by atoms with Crippen molar-refractivity contribution in [2.45, 2.75) is 102 Å². The molecule has 0 aliphatic heterocycles. The minimum Gasteiger partial charge on any atom is -0.384 e. The van der Waals surface area contributed by atoms with Gasteiger partial charge in [0, 0.05) is 70.9 Å². The maximum absolute atomic E-state index is 11.9. The smallest absolute Gasteiger partial charge is 0.332 e. The third kappa shape index (κ3) is 38.4. The molecule has 0 spiro atoms. The summed E-state index contributed by atoms with van der Waals surface area (Å²) in [6.45, 7) is 15.4. The molecular formula is C71H110BrN23O14P4. The number of imidazole rings is 2. The molecule has 3 aliphatic rings. The predicted octanol–water partition coefficient (Wildman–Crippen LogP) is 9.40. The highest BCUT2D eigenvalue weighted by molar-refractivity contribution is 9.10. The molecule has 20 N–H and O–H groups in total. The average Bonchev–Trinajstić information content (AvgIpc) is 1.67.